The van der Waals surface area contributed by atoms with Gasteiger partial charge in [0.25, 0.3) is 0 Å². The standard InChI is InChI=1S/C14H20N2/c1-4-11-5-6-14-12(7-11)8-13(16-14)9-15-10(2)3/h5-8,10,15-16H,4,9H2,1-3H3. The minimum atomic E-state index is 0.526. The highest BCUT2D eigenvalue weighted by atomic mass is 14.9. The Balaban J connectivity index is 2.22. The molecule has 16 heavy (non-hydrogen) atoms. The molecule has 2 rings (SSSR count). The zero-order valence-corrected chi connectivity index (χ0v) is 10.3. The van der Waals surface area contributed by atoms with Gasteiger partial charge in [0, 0.05) is 23.8 Å². The Morgan fingerprint density at radius 2 is 2.06 bits per heavy atom. The lowest BCUT2D eigenvalue weighted by atomic mass is 10.1. The van der Waals surface area contributed by atoms with Crippen molar-refractivity contribution >= 4 is 10.9 Å². The van der Waals surface area contributed by atoms with Crippen LogP contribution in [0.5, 0.6) is 0 Å². The zero-order valence-electron chi connectivity index (χ0n) is 10.3. The molecule has 2 aromatic rings. The number of hydrogen-bond acceptors (Lipinski definition) is 1. The van der Waals surface area contributed by atoms with Crippen LogP contribution < -0.4 is 5.32 Å². The Hall–Kier alpha value is -1.28. The first-order valence-corrected chi connectivity index (χ1v) is 6.03. The van der Waals surface area contributed by atoms with Gasteiger partial charge in [-0.1, -0.05) is 26.8 Å². The number of rotatable bonds is 4. The summed E-state index contributed by atoms with van der Waals surface area (Å²) in [6, 6.07) is 9.40. The minimum Gasteiger partial charge on any atom is -0.357 e. The summed E-state index contributed by atoms with van der Waals surface area (Å²) in [6.07, 6.45) is 1.10. The van der Waals surface area contributed by atoms with Crippen molar-refractivity contribution in [2.45, 2.75) is 39.8 Å². The number of nitrogens with one attached hydrogen (secondary N) is 2. The third kappa shape index (κ3) is 2.45. The molecule has 0 aliphatic carbocycles. The van der Waals surface area contributed by atoms with Crippen molar-refractivity contribution in [3.63, 3.8) is 0 Å². The van der Waals surface area contributed by atoms with E-state index < -0.39 is 0 Å². The maximum Gasteiger partial charge on any atom is 0.0456 e. The lowest BCUT2D eigenvalue weighted by molar-refractivity contribution is 0.583. The van der Waals surface area contributed by atoms with E-state index in [0.717, 1.165) is 13.0 Å². The summed E-state index contributed by atoms with van der Waals surface area (Å²) in [5, 5.41) is 4.74. The number of aromatic amines is 1. The molecule has 0 saturated heterocycles. The Morgan fingerprint density at radius 1 is 1.25 bits per heavy atom. The fourth-order valence-corrected chi connectivity index (χ4v) is 1.87. The summed E-state index contributed by atoms with van der Waals surface area (Å²) in [6.45, 7) is 7.43. The normalized spacial score (nSPS) is 11.5. The first kappa shape index (κ1) is 11.2. The van der Waals surface area contributed by atoms with E-state index in [0.29, 0.717) is 6.04 Å². The quantitative estimate of drug-likeness (QED) is 0.807. The number of hydrogen-bond donors (Lipinski definition) is 2. The summed E-state index contributed by atoms with van der Waals surface area (Å²) in [4.78, 5) is 3.44. The Bertz CT molecular complexity index is 469. The van der Waals surface area contributed by atoms with Crippen molar-refractivity contribution in [3.8, 4) is 0 Å². The highest BCUT2D eigenvalue weighted by molar-refractivity contribution is 5.81. The monoisotopic (exact) mass is 216 g/mol. The Morgan fingerprint density at radius 3 is 2.75 bits per heavy atom. The Labute approximate surface area is 97.1 Å². The van der Waals surface area contributed by atoms with Crippen LogP contribution in [0.3, 0.4) is 0 Å². The van der Waals surface area contributed by atoms with Gasteiger partial charge < -0.3 is 10.3 Å². The molecular weight excluding hydrogens is 196 g/mol. The van der Waals surface area contributed by atoms with Crippen LogP contribution in [-0.2, 0) is 13.0 Å². The van der Waals surface area contributed by atoms with Crippen molar-refractivity contribution in [3.05, 3.63) is 35.5 Å². The van der Waals surface area contributed by atoms with E-state index in [9.17, 15) is 0 Å². The van der Waals surface area contributed by atoms with E-state index in [2.05, 4.69) is 55.3 Å². The van der Waals surface area contributed by atoms with E-state index in [1.807, 2.05) is 0 Å². The number of H-pyrrole nitrogens is 1. The van der Waals surface area contributed by atoms with Crippen LogP contribution >= 0.6 is 0 Å². The van der Waals surface area contributed by atoms with Crippen molar-refractivity contribution < 1.29 is 0 Å². The van der Waals surface area contributed by atoms with Gasteiger partial charge in [-0.3, -0.25) is 0 Å². The summed E-state index contributed by atoms with van der Waals surface area (Å²) in [7, 11) is 0. The molecule has 1 aromatic heterocycles. The molecule has 2 N–H and O–H groups in total. The number of benzene rings is 1. The molecule has 0 spiro atoms. The zero-order chi connectivity index (χ0) is 11.5. The van der Waals surface area contributed by atoms with Crippen LogP contribution in [0.4, 0.5) is 0 Å². The summed E-state index contributed by atoms with van der Waals surface area (Å²) in [5.74, 6) is 0. The van der Waals surface area contributed by atoms with Crippen molar-refractivity contribution in [1.82, 2.24) is 10.3 Å². The second-order valence-corrected chi connectivity index (χ2v) is 4.61. The molecule has 0 bridgehead atoms. The molecule has 0 amide bonds. The van der Waals surface area contributed by atoms with Gasteiger partial charge in [0.15, 0.2) is 0 Å². The average Bonchev–Trinajstić information content (AvgIpc) is 2.67. The summed E-state index contributed by atoms with van der Waals surface area (Å²) in [5.41, 5.74) is 3.89. The topological polar surface area (TPSA) is 27.8 Å². The van der Waals surface area contributed by atoms with Gasteiger partial charge in [0.1, 0.15) is 0 Å². The van der Waals surface area contributed by atoms with Crippen LogP contribution in [-0.4, -0.2) is 11.0 Å². The first-order valence-electron chi connectivity index (χ1n) is 6.03. The van der Waals surface area contributed by atoms with Crippen molar-refractivity contribution in [2.75, 3.05) is 0 Å². The van der Waals surface area contributed by atoms with Crippen LogP contribution in [0, 0.1) is 0 Å². The largest absolute Gasteiger partial charge is 0.357 e. The highest BCUT2D eigenvalue weighted by Crippen LogP contribution is 2.17. The van der Waals surface area contributed by atoms with Crippen LogP contribution in [0.15, 0.2) is 24.3 Å². The van der Waals surface area contributed by atoms with Gasteiger partial charge in [0.05, 0.1) is 0 Å². The molecule has 0 aliphatic heterocycles. The number of aromatic nitrogens is 1. The fourth-order valence-electron chi connectivity index (χ4n) is 1.87. The van der Waals surface area contributed by atoms with Crippen LogP contribution in [0.25, 0.3) is 10.9 Å². The molecular formula is C14H20N2. The second-order valence-electron chi connectivity index (χ2n) is 4.61. The van der Waals surface area contributed by atoms with E-state index >= 15 is 0 Å². The summed E-state index contributed by atoms with van der Waals surface area (Å²) >= 11 is 0. The minimum absolute atomic E-state index is 0.526. The van der Waals surface area contributed by atoms with E-state index in [1.165, 1.54) is 22.2 Å². The molecule has 0 saturated carbocycles. The molecule has 2 nitrogen and oxygen atoms in total. The van der Waals surface area contributed by atoms with Crippen LogP contribution in [0.1, 0.15) is 32.0 Å². The molecule has 1 heterocycles. The van der Waals surface area contributed by atoms with Gasteiger partial charge in [0.2, 0.25) is 0 Å². The Kier molecular flexibility index (Phi) is 3.30. The van der Waals surface area contributed by atoms with Gasteiger partial charge in [-0.15, -0.1) is 0 Å². The first-order chi connectivity index (χ1) is 7.69. The molecule has 0 radical (unpaired) electrons. The van der Waals surface area contributed by atoms with Gasteiger partial charge >= 0.3 is 0 Å². The number of aryl methyl sites for hydroxylation is 1. The van der Waals surface area contributed by atoms with E-state index in [-0.39, 0.29) is 0 Å². The van der Waals surface area contributed by atoms with E-state index in [1.54, 1.807) is 0 Å². The SMILES string of the molecule is CCc1ccc2[nH]c(CNC(C)C)cc2c1. The maximum atomic E-state index is 3.44. The summed E-state index contributed by atoms with van der Waals surface area (Å²) < 4.78 is 0. The molecule has 1 aromatic carbocycles. The second kappa shape index (κ2) is 4.71. The molecule has 0 unspecified atom stereocenters. The number of fused-ring (bicyclic) bond motifs is 1. The maximum absolute atomic E-state index is 3.44. The molecule has 0 fully saturated rings. The highest BCUT2D eigenvalue weighted by Gasteiger charge is 2.02. The molecule has 0 atom stereocenters. The van der Waals surface area contributed by atoms with Gasteiger partial charge in [-0.2, -0.15) is 0 Å². The van der Waals surface area contributed by atoms with Gasteiger partial charge in [-0.05, 0) is 35.6 Å². The third-order valence-electron chi connectivity index (χ3n) is 2.85. The van der Waals surface area contributed by atoms with E-state index in [4.69, 9.17) is 0 Å². The van der Waals surface area contributed by atoms with Crippen molar-refractivity contribution in [2.24, 2.45) is 0 Å². The van der Waals surface area contributed by atoms with Crippen molar-refractivity contribution in [1.29, 1.82) is 0 Å². The average molecular weight is 216 g/mol. The lowest BCUT2D eigenvalue weighted by Crippen LogP contribution is -2.21. The predicted octanol–water partition coefficient (Wildman–Crippen LogP) is 3.23. The fraction of sp³-hybridized carbons (Fsp3) is 0.429. The van der Waals surface area contributed by atoms with Crippen LogP contribution in [0.2, 0.25) is 0 Å². The molecule has 86 valence electrons. The lowest BCUT2D eigenvalue weighted by Gasteiger charge is -2.05. The third-order valence-corrected chi connectivity index (χ3v) is 2.85. The predicted molar refractivity (Wildman–Crippen MR) is 69.7 cm³/mol. The molecule has 0 aliphatic rings. The van der Waals surface area contributed by atoms with Gasteiger partial charge in [-0.25, -0.2) is 0 Å². The molecule has 2 heteroatoms. The smallest absolute Gasteiger partial charge is 0.0456 e.